The van der Waals surface area contributed by atoms with Crippen molar-refractivity contribution >= 4 is 5.82 Å². The van der Waals surface area contributed by atoms with E-state index in [9.17, 15) is 0 Å². The maximum absolute atomic E-state index is 5.66. The molecule has 25 heavy (non-hydrogen) atoms. The van der Waals surface area contributed by atoms with Gasteiger partial charge in [0.05, 0.1) is 26.0 Å². The summed E-state index contributed by atoms with van der Waals surface area (Å²) < 4.78 is 16.5. The molecule has 0 spiro atoms. The van der Waals surface area contributed by atoms with Crippen molar-refractivity contribution in [2.45, 2.75) is 25.8 Å². The summed E-state index contributed by atoms with van der Waals surface area (Å²) in [6.07, 6.45) is 2.66. The van der Waals surface area contributed by atoms with E-state index in [0.29, 0.717) is 12.5 Å². The Bertz CT molecular complexity index is 702. The van der Waals surface area contributed by atoms with Gasteiger partial charge in [-0.05, 0) is 31.0 Å². The van der Waals surface area contributed by atoms with Crippen LogP contribution in [-0.2, 0) is 11.3 Å². The lowest BCUT2D eigenvalue weighted by Gasteiger charge is -2.20. The van der Waals surface area contributed by atoms with Crippen molar-refractivity contribution in [3.63, 3.8) is 0 Å². The molecule has 6 heteroatoms. The molecule has 6 nitrogen and oxygen atoms in total. The number of aromatic nitrogens is 2. The Hall–Kier alpha value is -2.34. The number of benzene rings is 1. The van der Waals surface area contributed by atoms with Gasteiger partial charge in [-0.25, -0.2) is 9.97 Å². The van der Waals surface area contributed by atoms with Gasteiger partial charge in [0.1, 0.15) is 12.1 Å². The van der Waals surface area contributed by atoms with Crippen LogP contribution in [0, 0.1) is 0 Å². The van der Waals surface area contributed by atoms with E-state index in [-0.39, 0.29) is 0 Å². The molecule has 1 fully saturated rings. The van der Waals surface area contributed by atoms with Crippen LogP contribution in [0.15, 0.2) is 30.6 Å². The number of anilines is 1. The van der Waals surface area contributed by atoms with Crippen molar-refractivity contribution in [2.75, 3.05) is 38.9 Å². The SMILES string of the molecule is CCOc1cc(CN(C)c2cc([C@@H]3CCOC3)ncn2)ccc1OC. The third-order valence-electron chi connectivity index (χ3n) is 4.36. The molecule has 1 aromatic heterocycles. The first-order valence-corrected chi connectivity index (χ1v) is 8.61. The van der Waals surface area contributed by atoms with E-state index in [0.717, 1.165) is 54.8 Å². The normalized spacial score (nSPS) is 16.7. The van der Waals surface area contributed by atoms with Crippen molar-refractivity contribution in [2.24, 2.45) is 0 Å². The highest BCUT2D eigenvalue weighted by Crippen LogP contribution is 2.29. The van der Waals surface area contributed by atoms with E-state index in [1.54, 1.807) is 13.4 Å². The molecule has 134 valence electrons. The summed E-state index contributed by atoms with van der Waals surface area (Å²) in [5.74, 6) is 2.80. The van der Waals surface area contributed by atoms with Crippen molar-refractivity contribution < 1.29 is 14.2 Å². The Kier molecular flexibility index (Phi) is 5.71. The fourth-order valence-corrected chi connectivity index (χ4v) is 3.00. The highest BCUT2D eigenvalue weighted by Gasteiger charge is 2.20. The van der Waals surface area contributed by atoms with Gasteiger partial charge in [-0.15, -0.1) is 0 Å². The molecular weight excluding hydrogens is 318 g/mol. The van der Waals surface area contributed by atoms with Crippen LogP contribution in [0.25, 0.3) is 0 Å². The fourth-order valence-electron chi connectivity index (χ4n) is 3.00. The van der Waals surface area contributed by atoms with Gasteiger partial charge < -0.3 is 19.1 Å². The van der Waals surface area contributed by atoms with Gasteiger partial charge >= 0.3 is 0 Å². The fraction of sp³-hybridized carbons (Fsp3) is 0.474. The molecule has 1 saturated heterocycles. The van der Waals surface area contributed by atoms with E-state index in [4.69, 9.17) is 14.2 Å². The summed E-state index contributed by atoms with van der Waals surface area (Å²) in [5.41, 5.74) is 2.19. The lowest BCUT2D eigenvalue weighted by molar-refractivity contribution is 0.193. The van der Waals surface area contributed by atoms with E-state index in [1.807, 2.05) is 32.2 Å². The average Bonchev–Trinajstić information content (AvgIpc) is 3.17. The molecule has 2 aromatic rings. The molecule has 3 rings (SSSR count). The Balaban J connectivity index is 1.74. The van der Waals surface area contributed by atoms with E-state index in [1.165, 1.54) is 0 Å². The summed E-state index contributed by atoms with van der Waals surface area (Å²) in [5, 5.41) is 0. The lowest BCUT2D eigenvalue weighted by atomic mass is 10.0. The summed E-state index contributed by atoms with van der Waals surface area (Å²) in [6, 6.07) is 8.07. The minimum absolute atomic E-state index is 0.376. The van der Waals surface area contributed by atoms with Crippen molar-refractivity contribution in [1.29, 1.82) is 0 Å². The predicted octanol–water partition coefficient (Wildman–Crippen LogP) is 3.02. The molecule has 1 atom stereocenters. The zero-order valence-electron chi connectivity index (χ0n) is 15.1. The molecular formula is C19H25N3O3. The molecule has 0 aliphatic carbocycles. The highest BCUT2D eigenvalue weighted by molar-refractivity contribution is 5.45. The maximum Gasteiger partial charge on any atom is 0.161 e. The maximum atomic E-state index is 5.66. The van der Waals surface area contributed by atoms with Crippen LogP contribution in [0.4, 0.5) is 5.82 Å². The summed E-state index contributed by atoms with van der Waals surface area (Å²) >= 11 is 0. The van der Waals surface area contributed by atoms with Crippen LogP contribution >= 0.6 is 0 Å². The number of hydrogen-bond acceptors (Lipinski definition) is 6. The van der Waals surface area contributed by atoms with Crippen molar-refractivity contribution in [1.82, 2.24) is 9.97 Å². The quantitative estimate of drug-likeness (QED) is 0.770. The predicted molar refractivity (Wildman–Crippen MR) is 96.5 cm³/mol. The summed E-state index contributed by atoms with van der Waals surface area (Å²) in [6.45, 7) is 4.85. The van der Waals surface area contributed by atoms with Gasteiger partial charge in [0.2, 0.25) is 0 Å². The van der Waals surface area contributed by atoms with E-state index >= 15 is 0 Å². The number of hydrogen-bond donors (Lipinski definition) is 0. The van der Waals surface area contributed by atoms with Crippen molar-refractivity contribution in [3.8, 4) is 11.5 Å². The highest BCUT2D eigenvalue weighted by atomic mass is 16.5. The molecule has 0 amide bonds. The zero-order chi connectivity index (χ0) is 17.6. The number of ether oxygens (including phenoxy) is 3. The van der Waals surface area contributed by atoms with Crippen LogP contribution in [-0.4, -0.2) is 43.9 Å². The zero-order valence-corrected chi connectivity index (χ0v) is 15.1. The second kappa shape index (κ2) is 8.16. The average molecular weight is 343 g/mol. The number of methoxy groups -OCH3 is 1. The minimum Gasteiger partial charge on any atom is -0.493 e. The molecule has 0 N–H and O–H groups in total. The molecule has 1 aromatic carbocycles. The largest absolute Gasteiger partial charge is 0.493 e. The van der Waals surface area contributed by atoms with Gasteiger partial charge in [-0.2, -0.15) is 0 Å². The third kappa shape index (κ3) is 4.20. The molecule has 1 aliphatic rings. The second-order valence-corrected chi connectivity index (χ2v) is 6.14. The minimum atomic E-state index is 0.376. The van der Waals surface area contributed by atoms with Gasteiger partial charge in [-0.1, -0.05) is 6.07 Å². The standard InChI is InChI=1S/C19H25N3O3/c1-4-25-18-9-14(5-6-17(18)23-3)11-22(2)19-10-16(20-13-21-19)15-7-8-24-12-15/h5-6,9-10,13,15H,4,7-8,11-12H2,1-3H3/t15-/m1/s1. The number of nitrogens with zero attached hydrogens (tertiary/aromatic N) is 3. The first-order chi connectivity index (χ1) is 12.2. The summed E-state index contributed by atoms with van der Waals surface area (Å²) in [7, 11) is 3.68. The smallest absolute Gasteiger partial charge is 0.161 e. The van der Waals surface area contributed by atoms with Crippen LogP contribution in [0.1, 0.15) is 30.5 Å². The first kappa shape index (κ1) is 17.5. The van der Waals surface area contributed by atoms with Gasteiger partial charge in [0.25, 0.3) is 0 Å². The Labute approximate surface area is 148 Å². The molecule has 2 heterocycles. The number of rotatable bonds is 7. The Morgan fingerprint density at radius 1 is 1.24 bits per heavy atom. The van der Waals surface area contributed by atoms with Crippen LogP contribution in [0.3, 0.4) is 0 Å². The molecule has 0 saturated carbocycles. The van der Waals surface area contributed by atoms with E-state index in [2.05, 4.69) is 20.9 Å². The topological polar surface area (TPSA) is 56.7 Å². The van der Waals surface area contributed by atoms with Crippen LogP contribution in [0.5, 0.6) is 11.5 Å². The van der Waals surface area contributed by atoms with Crippen LogP contribution < -0.4 is 14.4 Å². The van der Waals surface area contributed by atoms with Gasteiger partial charge in [-0.3, -0.25) is 0 Å². The second-order valence-electron chi connectivity index (χ2n) is 6.14. The van der Waals surface area contributed by atoms with Crippen molar-refractivity contribution in [3.05, 3.63) is 41.9 Å². The summed E-state index contributed by atoms with van der Waals surface area (Å²) in [4.78, 5) is 10.9. The lowest BCUT2D eigenvalue weighted by Crippen LogP contribution is -2.18. The van der Waals surface area contributed by atoms with Gasteiger partial charge in [0.15, 0.2) is 11.5 Å². The molecule has 1 aliphatic heterocycles. The van der Waals surface area contributed by atoms with E-state index < -0.39 is 0 Å². The van der Waals surface area contributed by atoms with Gasteiger partial charge in [0, 0.05) is 32.2 Å². The van der Waals surface area contributed by atoms with Crippen LogP contribution in [0.2, 0.25) is 0 Å². The third-order valence-corrected chi connectivity index (χ3v) is 4.36. The molecule has 0 radical (unpaired) electrons. The Morgan fingerprint density at radius 2 is 2.12 bits per heavy atom. The molecule has 0 bridgehead atoms. The Morgan fingerprint density at radius 3 is 2.84 bits per heavy atom. The molecule has 0 unspecified atom stereocenters. The first-order valence-electron chi connectivity index (χ1n) is 8.61. The monoisotopic (exact) mass is 343 g/mol.